The molecule has 0 heterocycles. The van der Waals surface area contributed by atoms with Crippen LogP contribution in [0, 0.1) is 0 Å². The van der Waals surface area contributed by atoms with Gasteiger partial charge in [-0.1, -0.05) is 38.5 Å². The van der Waals surface area contributed by atoms with Crippen molar-refractivity contribution in [1.29, 1.82) is 0 Å². The Morgan fingerprint density at radius 3 is 1.87 bits per heavy atom. The van der Waals surface area contributed by atoms with Crippen LogP contribution in [0.5, 0.6) is 0 Å². The molecule has 1 rings (SSSR count). The molecule has 1 fully saturated rings. The lowest BCUT2D eigenvalue weighted by molar-refractivity contribution is 0.248. The van der Waals surface area contributed by atoms with E-state index in [2.05, 4.69) is 4.52 Å². The van der Waals surface area contributed by atoms with Crippen LogP contribution in [-0.4, -0.2) is 22.9 Å². The van der Waals surface area contributed by atoms with Crippen molar-refractivity contribution in [2.24, 2.45) is 5.73 Å². The Bertz CT molecular complexity index is 117. The summed E-state index contributed by atoms with van der Waals surface area (Å²) in [6.07, 6.45) is 10.0. The van der Waals surface area contributed by atoms with E-state index in [4.69, 9.17) is 15.5 Å². The highest BCUT2D eigenvalue weighted by Gasteiger charge is 1.97. The van der Waals surface area contributed by atoms with Crippen molar-refractivity contribution in [2.75, 3.05) is 13.2 Å². The minimum atomic E-state index is -2.15. The fourth-order valence-corrected chi connectivity index (χ4v) is 1.29. The van der Waals surface area contributed by atoms with E-state index >= 15 is 0 Å². The van der Waals surface area contributed by atoms with Crippen molar-refractivity contribution in [3.05, 3.63) is 0 Å². The lowest BCUT2D eigenvalue weighted by Crippen LogP contribution is -1.98. The summed E-state index contributed by atoms with van der Waals surface area (Å²) in [6.45, 7) is 1.16. The number of hydrogen-bond acceptors (Lipinski definition) is 4. The fraction of sp³-hybridized carbons (Fsp3) is 1.00. The molecule has 0 radical (unpaired) electrons. The Labute approximate surface area is 93.8 Å². The van der Waals surface area contributed by atoms with Gasteiger partial charge >= 0.3 is 8.60 Å². The van der Waals surface area contributed by atoms with Crippen LogP contribution in [0.3, 0.4) is 0 Å². The first kappa shape index (κ1) is 15.3. The molecule has 0 spiro atoms. The molecule has 0 aliphatic heterocycles. The summed E-state index contributed by atoms with van der Waals surface area (Å²) in [5.74, 6) is 0. The molecule has 92 valence electrons. The zero-order chi connectivity index (χ0) is 11.4. The SMILES string of the molecule is C1CCC1.NCCCCCCOP(O)O. The van der Waals surface area contributed by atoms with Crippen LogP contribution >= 0.6 is 8.60 Å². The van der Waals surface area contributed by atoms with Crippen LogP contribution in [0.25, 0.3) is 0 Å². The van der Waals surface area contributed by atoms with Crippen molar-refractivity contribution in [2.45, 2.75) is 51.4 Å². The molecule has 0 aromatic heterocycles. The molecule has 1 aliphatic rings. The standard InChI is InChI=1S/C6H16NO3P.C4H8/c7-5-3-1-2-4-6-10-11(8)9;1-2-4-3-1/h8-9H,1-7H2;1-4H2. The lowest BCUT2D eigenvalue weighted by Gasteiger charge is -2.05. The van der Waals surface area contributed by atoms with Gasteiger partial charge in [0.2, 0.25) is 0 Å². The van der Waals surface area contributed by atoms with Crippen molar-refractivity contribution < 1.29 is 14.3 Å². The van der Waals surface area contributed by atoms with Gasteiger partial charge in [0.1, 0.15) is 0 Å². The largest absolute Gasteiger partial charge is 0.330 e. The molecule has 0 atom stereocenters. The quantitative estimate of drug-likeness (QED) is 0.469. The molecule has 0 saturated heterocycles. The summed E-state index contributed by atoms with van der Waals surface area (Å²) in [4.78, 5) is 16.7. The monoisotopic (exact) mass is 237 g/mol. The highest BCUT2D eigenvalue weighted by atomic mass is 31.2. The Morgan fingerprint density at radius 1 is 0.933 bits per heavy atom. The topological polar surface area (TPSA) is 75.7 Å². The van der Waals surface area contributed by atoms with Crippen LogP contribution in [0.2, 0.25) is 0 Å². The van der Waals surface area contributed by atoms with Gasteiger partial charge in [-0.15, -0.1) is 0 Å². The summed E-state index contributed by atoms with van der Waals surface area (Å²) < 4.78 is 4.57. The maximum absolute atomic E-state index is 8.33. The highest BCUT2D eigenvalue weighted by molar-refractivity contribution is 7.39. The maximum atomic E-state index is 8.33. The van der Waals surface area contributed by atoms with E-state index in [1.165, 1.54) is 25.7 Å². The van der Waals surface area contributed by atoms with Crippen LogP contribution in [-0.2, 0) is 4.52 Å². The van der Waals surface area contributed by atoms with Gasteiger partial charge in [-0.2, -0.15) is 0 Å². The molecule has 1 saturated carbocycles. The molecule has 0 bridgehead atoms. The van der Waals surface area contributed by atoms with Crippen LogP contribution in [0.1, 0.15) is 51.4 Å². The third-order valence-electron chi connectivity index (χ3n) is 2.31. The molecule has 4 nitrogen and oxygen atoms in total. The van der Waals surface area contributed by atoms with Crippen LogP contribution in [0.4, 0.5) is 0 Å². The van der Waals surface area contributed by atoms with E-state index in [1.807, 2.05) is 0 Å². The number of hydrogen-bond donors (Lipinski definition) is 3. The van der Waals surface area contributed by atoms with Gasteiger partial charge < -0.3 is 20.0 Å². The Balaban J connectivity index is 0.000000401. The molecule has 5 heteroatoms. The van der Waals surface area contributed by atoms with E-state index < -0.39 is 8.60 Å². The average Bonchev–Trinajstić information content (AvgIpc) is 2.08. The Morgan fingerprint density at radius 2 is 1.47 bits per heavy atom. The predicted molar refractivity (Wildman–Crippen MR) is 63.3 cm³/mol. The van der Waals surface area contributed by atoms with E-state index in [-0.39, 0.29) is 0 Å². The maximum Gasteiger partial charge on any atom is 0.327 e. The first-order valence-electron chi connectivity index (χ1n) is 5.78. The molecular weight excluding hydrogens is 213 g/mol. The summed E-state index contributed by atoms with van der Waals surface area (Å²) in [7, 11) is -2.15. The van der Waals surface area contributed by atoms with E-state index in [1.54, 1.807) is 0 Å². The second-order valence-corrected chi connectivity index (χ2v) is 4.47. The van der Waals surface area contributed by atoms with Gasteiger partial charge in [-0.05, 0) is 19.4 Å². The van der Waals surface area contributed by atoms with Gasteiger partial charge in [0, 0.05) is 0 Å². The minimum Gasteiger partial charge on any atom is -0.330 e. The molecule has 1 aliphatic carbocycles. The van der Waals surface area contributed by atoms with Crippen LogP contribution in [0.15, 0.2) is 0 Å². The Hall–Kier alpha value is 0.270. The minimum absolute atomic E-state index is 0.434. The van der Waals surface area contributed by atoms with Crippen molar-refractivity contribution in [3.63, 3.8) is 0 Å². The van der Waals surface area contributed by atoms with Gasteiger partial charge in [0.15, 0.2) is 0 Å². The number of unbranched alkanes of at least 4 members (excludes halogenated alkanes) is 3. The van der Waals surface area contributed by atoms with Gasteiger partial charge in [-0.3, -0.25) is 0 Å². The zero-order valence-electron chi connectivity index (χ0n) is 9.40. The normalized spacial score (nSPS) is 14.4. The molecule has 0 amide bonds. The molecule has 4 N–H and O–H groups in total. The molecule has 15 heavy (non-hydrogen) atoms. The second-order valence-electron chi connectivity index (χ2n) is 3.70. The lowest BCUT2D eigenvalue weighted by atomic mass is 10.0. The number of nitrogens with two attached hydrogens (primary N) is 1. The molecular formula is C10H24NO3P. The van der Waals surface area contributed by atoms with Crippen molar-refractivity contribution in [3.8, 4) is 0 Å². The van der Waals surface area contributed by atoms with E-state index in [0.717, 1.165) is 32.2 Å². The Kier molecular flexibility index (Phi) is 12.6. The zero-order valence-corrected chi connectivity index (χ0v) is 10.3. The molecule has 0 aromatic rings. The predicted octanol–water partition coefficient (Wildman–Crippen LogP) is 2.29. The fourth-order valence-electron chi connectivity index (χ4n) is 0.996. The third kappa shape index (κ3) is 14.3. The van der Waals surface area contributed by atoms with Gasteiger partial charge in [0.05, 0.1) is 6.61 Å². The first-order chi connectivity index (χ1) is 7.27. The second kappa shape index (κ2) is 12.3. The summed E-state index contributed by atoms with van der Waals surface area (Å²) >= 11 is 0. The van der Waals surface area contributed by atoms with Crippen molar-refractivity contribution in [1.82, 2.24) is 0 Å². The van der Waals surface area contributed by atoms with Crippen molar-refractivity contribution >= 4 is 8.60 Å². The summed E-state index contributed by atoms with van der Waals surface area (Å²) in [5, 5.41) is 0. The molecule has 0 unspecified atom stereocenters. The number of rotatable bonds is 7. The first-order valence-corrected chi connectivity index (χ1v) is 6.94. The van der Waals surface area contributed by atoms with Gasteiger partial charge in [0.25, 0.3) is 0 Å². The van der Waals surface area contributed by atoms with E-state index in [0.29, 0.717) is 6.61 Å². The highest BCUT2D eigenvalue weighted by Crippen LogP contribution is 2.24. The smallest absolute Gasteiger partial charge is 0.327 e. The van der Waals surface area contributed by atoms with Gasteiger partial charge in [-0.25, -0.2) is 0 Å². The summed E-state index contributed by atoms with van der Waals surface area (Å²) in [5.41, 5.74) is 5.28. The van der Waals surface area contributed by atoms with E-state index in [9.17, 15) is 0 Å². The summed E-state index contributed by atoms with van der Waals surface area (Å²) in [6, 6.07) is 0. The molecule has 0 aromatic carbocycles. The average molecular weight is 237 g/mol. The third-order valence-corrected chi connectivity index (χ3v) is 2.72. The van der Waals surface area contributed by atoms with Crippen LogP contribution < -0.4 is 5.73 Å².